The van der Waals surface area contributed by atoms with Crippen molar-refractivity contribution in [1.29, 1.82) is 0 Å². The molecular formula is C48H88N6O20. The van der Waals surface area contributed by atoms with Crippen LogP contribution in [0.15, 0.2) is 0 Å². The first-order chi connectivity index (χ1) is 36.3. The van der Waals surface area contributed by atoms with Crippen LogP contribution in [0.2, 0.25) is 0 Å². The highest BCUT2D eigenvalue weighted by Crippen LogP contribution is 2.15. The van der Waals surface area contributed by atoms with Crippen molar-refractivity contribution >= 4 is 35.0 Å². The Balaban J connectivity index is 1.95. The molecule has 6 N–H and O–H groups in total. The molecule has 0 bridgehead atoms. The second kappa shape index (κ2) is 52.7. The maximum atomic E-state index is 12.8. The number of nitrogens with two attached hydrogens (primary N) is 2. The monoisotopic (exact) mass is 1070 g/mol. The van der Waals surface area contributed by atoms with Gasteiger partial charge in [0.1, 0.15) is 5.78 Å². The van der Waals surface area contributed by atoms with E-state index in [4.69, 9.17) is 87.3 Å². The zero-order valence-electron chi connectivity index (χ0n) is 44.1. The van der Waals surface area contributed by atoms with E-state index < -0.39 is 11.7 Å². The lowest BCUT2D eigenvalue weighted by atomic mass is 10.1. The average Bonchev–Trinajstić information content (AvgIpc) is 3.39. The summed E-state index contributed by atoms with van der Waals surface area (Å²) in [5.41, 5.74) is 11.5. The summed E-state index contributed by atoms with van der Waals surface area (Å²) in [5, 5.41) is 5.38. The number of carbonyl (C=O) groups excluding carboxylic acids is 4. The van der Waals surface area contributed by atoms with Crippen LogP contribution in [-0.2, 0) is 85.4 Å². The Morgan fingerprint density at radius 3 is 1.00 bits per heavy atom. The molecule has 0 radical (unpaired) electrons. The van der Waals surface area contributed by atoms with Gasteiger partial charge in [-0.15, -0.1) is 0 Å². The van der Waals surface area contributed by atoms with E-state index in [0.29, 0.717) is 198 Å². The summed E-state index contributed by atoms with van der Waals surface area (Å²) in [6.07, 6.45) is 1.31. The molecule has 0 aliphatic carbocycles. The summed E-state index contributed by atoms with van der Waals surface area (Å²) in [6, 6.07) is 0. The second-order valence-corrected chi connectivity index (χ2v) is 15.5. The molecule has 1 aromatic rings. The van der Waals surface area contributed by atoms with Crippen LogP contribution in [-0.4, -0.2) is 259 Å². The number of hydrogen-bond acceptors (Lipinski definition) is 24. The Labute approximate surface area is 436 Å². The number of ether oxygens (including phenoxy) is 16. The third-order valence-electron chi connectivity index (χ3n) is 9.58. The molecule has 74 heavy (non-hydrogen) atoms. The van der Waals surface area contributed by atoms with Crippen LogP contribution in [0.1, 0.15) is 59.5 Å². The number of aromatic nitrogens is 2. The van der Waals surface area contributed by atoms with Crippen molar-refractivity contribution in [1.82, 2.24) is 20.6 Å². The third-order valence-corrected chi connectivity index (χ3v) is 9.58. The summed E-state index contributed by atoms with van der Waals surface area (Å²) in [7, 11) is 3.26. The van der Waals surface area contributed by atoms with Gasteiger partial charge >= 0.3 is 0 Å². The molecule has 1 rings (SSSR count). The van der Waals surface area contributed by atoms with Crippen LogP contribution in [0.5, 0.6) is 0 Å². The number of rotatable bonds is 58. The number of methoxy groups -OCH3 is 2. The van der Waals surface area contributed by atoms with Gasteiger partial charge in [0.2, 0.25) is 5.91 Å². The Morgan fingerprint density at radius 2 is 0.635 bits per heavy atom. The number of nitrogens with one attached hydrogen (secondary N) is 2. The average molecular weight is 1070 g/mol. The van der Waals surface area contributed by atoms with Gasteiger partial charge in [0.15, 0.2) is 28.8 Å². The summed E-state index contributed by atoms with van der Waals surface area (Å²) < 4.78 is 85.8. The van der Waals surface area contributed by atoms with Gasteiger partial charge in [-0.25, -0.2) is 9.97 Å². The van der Waals surface area contributed by atoms with E-state index in [0.717, 1.165) is 0 Å². The minimum atomic E-state index is -0.637. The van der Waals surface area contributed by atoms with E-state index in [1.807, 2.05) is 0 Å². The molecule has 0 saturated heterocycles. The Hall–Kier alpha value is -3.68. The standard InChI is InChI=1S/C48H88N6O20/c1-59-13-15-63-21-23-67-29-31-71-37-39-73-35-33-69-27-25-65-19-17-61-11-7-41(55)5-3-10-52-48(58)45-47(50)53-44(46(49)54-45)42(56)6-4-9-51-43(57)8-12-62-18-20-66-26-28-70-34-36-74-40-38-72-32-30-68-24-22-64-16-14-60-2/h3-40H2,1-2H3,(H2,49,54)(H2,50,53)(H,51,57)(H,52,58). The Bertz CT molecular complexity index is 1400. The summed E-state index contributed by atoms with van der Waals surface area (Å²) in [5.74, 6) is -1.83. The Kier molecular flexibility index (Phi) is 48.7. The topological polar surface area (TPSA) is 318 Å². The lowest BCUT2D eigenvalue weighted by Gasteiger charge is -2.10. The number of anilines is 2. The van der Waals surface area contributed by atoms with E-state index in [1.165, 1.54) is 0 Å². The van der Waals surface area contributed by atoms with Crippen LogP contribution < -0.4 is 22.1 Å². The van der Waals surface area contributed by atoms with Crippen molar-refractivity contribution in [3.63, 3.8) is 0 Å². The van der Waals surface area contributed by atoms with Gasteiger partial charge in [-0.1, -0.05) is 0 Å². The van der Waals surface area contributed by atoms with Gasteiger partial charge in [0, 0.05) is 53.0 Å². The molecule has 0 aliphatic rings. The van der Waals surface area contributed by atoms with Crippen LogP contribution in [0.3, 0.4) is 0 Å². The normalized spacial score (nSPS) is 11.4. The van der Waals surface area contributed by atoms with E-state index >= 15 is 0 Å². The predicted molar refractivity (Wildman–Crippen MR) is 268 cm³/mol. The second-order valence-electron chi connectivity index (χ2n) is 15.5. The molecular weight excluding hydrogens is 981 g/mol. The highest BCUT2D eigenvalue weighted by atomic mass is 16.6. The number of nitrogen functional groups attached to an aromatic ring is 2. The maximum absolute atomic E-state index is 12.8. The molecule has 0 atom stereocenters. The molecule has 0 fully saturated rings. The van der Waals surface area contributed by atoms with Gasteiger partial charge in [0.25, 0.3) is 5.91 Å². The number of Topliss-reactive ketones (excluding diaryl/α,β-unsaturated/α-hetero) is 2. The molecule has 430 valence electrons. The number of nitrogens with zero attached hydrogens (tertiary/aromatic N) is 2. The highest BCUT2D eigenvalue weighted by molar-refractivity contribution is 6.01. The maximum Gasteiger partial charge on any atom is 0.273 e. The lowest BCUT2D eigenvalue weighted by molar-refractivity contribution is -0.122. The Morgan fingerprint density at radius 1 is 0.351 bits per heavy atom. The fourth-order valence-electron chi connectivity index (χ4n) is 5.69. The number of carbonyl (C=O) groups is 4. The minimum absolute atomic E-state index is 0.0118. The molecule has 0 saturated carbocycles. The summed E-state index contributed by atoms with van der Waals surface area (Å²) >= 11 is 0. The van der Waals surface area contributed by atoms with E-state index in [2.05, 4.69) is 20.6 Å². The first-order valence-electron chi connectivity index (χ1n) is 25.4. The molecule has 1 heterocycles. The predicted octanol–water partition coefficient (Wildman–Crippen LogP) is 0.105. The molecule has 26 heteroatoms. The van der Waals surface area contributed by atoms with Crippen molar-refractivity contribution in [2.24, 2.45) is 0 Å². The molecule has 1 aromatic heterocycles. The van der Waals surface area contributed by atoms with Crippen LogP contribution in [0, 0.1) is 0 Å². The first-order valence-corrected chi connectivity index (χ1v) is 25.4. The smallest absolute Gasteiger partial charge is 0.273 e. The quantitative estimate of drug-likeness (QED) is 0.0497. The van der Waals surface area contributed by atoms with Gasteiger partial charge in [0.05, 0.1) is 198 Å². The van der Waals surface area contributed by atoms with Crippen LogP contribution in [0.25, 0.3) is 0 Å². The fourth-order valence-corrected chi connectivity index (χ4v) is 5.69. The molecule has 26 nitrogen and oxygen atoms in total. The number of amides is 2. The molecule has 0 aliphatic heterocycles. The zero-order valence-corrected chi connectivity index (χ0v) is 44.1. The summed E-state index contributed by atoms with van der Waals surface area (Å²) in [4.78, 5) is 58.0. The lowest BCUT2D eigenvalue weighted by Crippen LogP contribution is -2.28. The van der Waals surface area contributed by atoms with E-state index in [9.17, 15) is 19.2 Å². The zero-order chi connectivity index (χ0) is 53.6. The highest BCUT2D eigenvalue weighted by Gasteiger charge is 2.20. The van der Waals surface area contributed by atoms with Gasteiger partial charge in [-0.2, -0.15) is 0 Å². The molecule has 0 aromatic carbocycles. The third kappa shape index (κ3) is 43.5. The van der Waals surface area contributed by atoms with Crippen molar-refractivity contribution in [2.45, 2.75) is 38.5 Å². The first kappa shape index (κ1) is 68.3. The van der Waals surface area contributed by atoms with Gasteiger partial charge in [-0.05, 0) is 12.8 Å². The molecule has 0 unspecified atom stereocenters. The van der Waals surface area contributed by atoms with Gasteiger partial charge < -0.3 is 97.9 Å². The largest absolute Gasteiger partial charge is 0.382 e. The SMILES string of the molecule is COCCOCCOCCOCCOCCOCCOCCOCCC(=O)CCCNC(=O)c1nc(N)c(C(=O)CCCNC(=O)CCOCCOCCOCCOCCOCCOCCOCCOC)nc1N. The van der Waals surface area contributed by atoms with Crippen LogP contribution in [0.4, 0.5) is 11.6 Å². The number of hydrogen-bond donors (Lipinski definition) is 4. The molecule has 0 spiro atoms. The minimum Gasteiger partial charge on any atom is -0.382 e. The van der Waals surface area contributed by atoms with E-state index in [1.54, 1.807) is 14.2 Å². The number of ketones is 2. The summed E-state index contributed by atoms with van der Waals surface area (Å²) in [6.45, 7) is 13.8. The fraction of sp³-hybridized carbons (Fsp3) is 0.833. The van der Waals surface area contributed by atoms with Gasteiger partial charge in [-0.3, -0.25) is 19.2 Å². The van der Waals surface area contributed by atoms with Crippen molar-refractivity contribution in [3.05, 3.63) is 11.4 Å². The van der Waals surface area contributed by atoms with Crippen molar-refractivity contribution < 1.29 is 95.0 Å². The van der Waals surface area contributed by atoms with Crippen LogP contribution >= 0.6 is 0 Å². The van der Waals surface area contributed by atoms with Crippen molar-refractivity contribution in [2.75, 3.05) is 237 Å². The van der Waals surface area contributed by atoms with Crippen molar-refractivity contribution in [3.8, 4) is 0 Å². The van der Waals surface area contributed by atoms with E-state index in [-0.39, 0.29) is 86.7 Å². The molecule has 2 amide bonds.